The van der Waals surface area contributed by atoms with Crippen LogP contribution >= 0.6 is 11.3 Å². The summed E-state index contributed by atoms with van der Waals surface area (Å²) in [6, 6.07) is 3.85. The third-order valence-electron chi connectivity index (χ3n) is 3.96. The van der Waals surface area contributed by atoms with E-state index in [0.29, 0.717) is 18.2 Å². The van der Waals surface area contributed by atoms with E-state index in [0.717, 1.165) is 23.4 Å². The lowest BCUT2D eigenvalue weighted by atomic mass is 10.1. The maximum Gasteiger partial charge on any atom is 0.279 e. The van der Waals surface area contributed by atoms with E-state index in [2.05, 4.69) is 20.5 Å². The lowest BCUT2D eigenvalue weighted by Crippen LogP contribution is -2.15. The Labute approximate surface area is 142 Å². The topological polar surface area (TPSA) is 93.0 Å². The van der Waals surface area contributed by atoms with E-state index < -0.39 is 0 Å². The number of carbonyl (C=O) groups is 1. The third kappa shape index (κ3) is 2.74. The van der Waals surface area contributed by atoms with Crippen LogP contribution in [0.1, 0.15) is 40.8 Å². The van der Waals surface area contributed by atoms with Crippen molar-refractivity contribution < 1.29 is 13.9 Å². The Bertz CT molecular complexity index is 860. The second kappa shape index (κ2) is 6.21. The van der Waals surface area contributed by atoms with Gasteiger partial charge in [0.25, 0.3) is 5.91 Å². The molecule has 4 heterocycles. The summed E-state index contributed by atoms with van der Waals surface area (Å²) >= 11 is 1.62. The number of nitrogens with zero attached hydrogens (tertiary/aromatic N) is 2. The van der Waals surface area contributed by atoms with Crippen LogP contribution in [0.25, 0.3) is 10.6 Å². The lowest BCUT2D eigenvalue weighted by Gasteiger charge is -2.07. The molecule has 0 bridgehead atoms. The Hall–Kier alpha value is -2.45. The SMILES string of the molecule is Cc1ccsc1-c1cc(NC(=O)c2ncoc2[C@@H]2CCCO2)n[nH]1. The highest BCUT2D eigenvalue weighted by Gasteiger charge is 2.28. The van der Waals surface area contributed by atoms with Gasteiger partial charge >= 0.3 is 0 Å². The molecule has 124 valence electrons. The van der Waals surface area contributed by atoms with E-state index in [4.69, 9.17) is 9.15 Å². The number of thiophene rings is 1. The third-order valence-corrected chi connectivity index (χ3v) is 5.01. The minimum atomic E-state index is -0.352. The molecule has 4 rings (SSSR count). The van der Waals surface area contributed by atoms with Crippen LogP contribution in [0.3, 0.4) is 0 Å². The summed E-state index contributed by atoms with van der Waals surface area (Å²) in [7, 11) is 0. The van der Waals surface area contributed by atoms with Crippen LogP contribution < -0.4 is 5.32 Å². The zero-order valence-corrected chi connectivity index (χ0v) is 13.9. The van der Waals surface area contributed by atoms with Crippen LogP contribution in [0.15, 0.2) is 28.3 Å². The molecule has 0 aliphatic carbocycles. The number of aryl methyl sites for hydroxylation is 1. The molecule has 3 aromatic rings. The summed E-state index contributed by atoms with van der Waals surface area (Å²) in [4.78, 5) is 17.6. The first-order chi connectivity index (χ1) is 11.7. The number of carbonyl (C=O) groups excluding carboxylic acids is 1. The van der Waals surface area contributed by atoms with E-state index >= 15 is 0 Å². The quantitative estimate of drug-likeness (QED) is 0.755. The maximum absolute atomic E-state index is 12.5. The average molecular weight is 344 g/mol. The Morgan fingerprint density at radius 3 is 3.17 bits per heavy atom. The Morgan fingerprint density at radius 1 is 1.50 bits per heavy atom. The van der Waals surface area contributed by atoms with E-state index in [1.165, 1.54) is 12.0 Å². The molecule has 1 fully saturated rings. The minimum Gasteiger partial charge on any atom is -0.445 e. The van der Waals surface area contributed by atoms with Gasteiger partial charge in [0.1, 0.15) is 6.10 Å². The fourth-order valence-electron chi connectivity index (χ4n) is 2.76. The highest BCUT2D eigenvalue weighted by Crippen LogP contribution is 2.31. The smallest absolute Gasteiger partial charge is 0.279 e. The van der Waals surface area contributed by atoms with Gasteiger partial charge in [0, 0.05) is 12.7 Å². The predicted molar refractivity (Wildman–Crippen MR) is 89.0 cm³/mol. The van der Waals surface area contributed by atoms with Crippen LogP contribution in [-0.4, -0.2) is 27.7 Å². The molecule has 1 aliphatic rings. The number of oxazole rings is 1. The first kappa shape index (κ1) is 15.1. The molecule has 0 aromatic carbocycles. The number of anilines is 1. The van der Waals surface area contributed by atoms with Crippen molar-refractivity contribution in [2.24, 2.45) is 0 Å². The zero-order chi connectivity index (χ0) is 16.5. The highest BCUT2D eigenvalue weighted by molar-refractivity contribution is 7.13. The largest absolute Gasteiger partial charge is 0.445 e. The second-order valence-electron chi connectivity index (χ2n) is 5.62. The zero-order valence-electron chi connectivity index (χ0n) is 13.0. The number of ether oxygens (including phenoxy) is 1. The molecule has 8 heteroatoms. The van der Waals surface area contributed by atoms with Gasteiger partial charge in [0.15, 0.2) is 23.7 Å². The Kier molecular flexibility index (Phi) is 3.91. The molecule has 7 nitrogen and oxygen atoms in total. The molecule has 24 heavy (non-hydrogen) atoms. The molecule has 0 saturated carbocycles. The number of hydrogen-bond acceptors (Lipinski definition) is 6. The van der Waals surface area contributed by atoms with Crippen LogP contribution in [0.2, 0.25) is 0 Å². The molecule has 0 spiro atoms. The van der Waals surface area contributed by atoms with Gasteiger partial charge in [-0.1, -0.05) is 0 Å². The van der Waals surface area contributed by atoms with Crippen molar-refractivity contribution in [2.45, 2.75) is 25.9 Å². The molecule has 1 amide bonds. The van der Waals surface area contributed by atoms with Crippen molar-refractivity contribution in [3.8, 4) is 10.6 Å². The van der Waals surface area contributed by atoms with E-state index in [1.54, 1.807) is 11.3 Å². The number of aromatic amines is 1. The van der Waals surface area contributed by atoms with Gasteiger partial charge in [-0.15, -0.1) is 11.3 Å². The lowest BCUT2D eigenvalue weighted by molar-refractivity contribution is 0.0889. The molecule has 2 N–H and O–H groups in total. The van der Waals surface area contributed by atoms with E-state index in [1.807, 2.05) is 24.4 Å². The normalized spacial score (nSPS) is 17.3. The molecule has 1 saturated heterocycles. The molecule has 1 aliphatic heterocycles. The van der Waals surface area contributed by atoms with Gasteiger partial charge in [-0.05, 0) is 36.8 Å². The van der Waals surface area contributed by atoms with Crippen LogP contribution in [0.4, 0.5) is 5.82 Å². The monoisotopic (exact) mass is 344 g/mol. The summed E-state index contributed by atoms with van der Waals surface area (Å²) < 4.78 is 10.9. The van der Waals surface area contributed by atoms with Gasteiger partial charge in [-0.3, -0.25) is 9.89 Å². The Balaban J connectivity index is 1.52. The summed E-state index contributed by atoms with van der Waals surface area (Å²) in [5.41, 5.74) is 2.29. The van der Waals surface area contributed by atoms with Gasteiger partial charge in [0.2, 0.25) is 0 Å². The molecular weight excluding hydrogens is 328 g/mol. The number of hydrogen-bond donors (Lipinski definition) is 2. The van der Waals surface area contributed by atoms with Crippen molar-refractivity contribution in [3.05, 3.63) is 40.9 Å². The van der Waals surface area contributed by atoms with Crippen molar-refractivity contribution >= 4 is 23.1 Å². The molecule has 1 atom stereocenters. The molecular formula is C16H16N4O3S. The van der Waals surface area contributed by atoms with Crippen molar-refractivity contribution in [2.75, 3.05) is 11.9 Å². The first-order valence-corrected chi connectivity index (χ1v) is 8.56. The summed E-state index contributed by atoms with van der Waals surface area (Å²) in [5.74, 6) is 0.578. The van der Waals surface area contributed by atoms with E-state index in [9.17, 15) is 4.79 Å². The molecule has 3 aromatic heterocycles. The fourth-order valence-corrected chi connectivity index (χ4v) is 3.66. The fraction of sp³-hybridized carbons (Fsp3) is 0.312. The first-order valence-electron chi connectivity index (χ1n) is 7.68. The number of nitrogens with one attached hydrogen (secondary N) is 2. The average Bonchev–Trinajstić information content (AvgIpc) is 3.34. The van der Waals surface area contributed by atoms with Gasteiger partial charge in [0.05, 0.1) is 10.6 Å². The maximum atomic E-state index is 12.5. The van der Waals surface area contributed by atoms with Crippen molar-refractivity contribution in [3.63, 3.8) is 0 Å². The minimum absolute atomic E-state index is 0.197. The number of H-pyrrole nitrogens is 1. The van der Waals surface area contributed by atoms with Crippen LogP contribution in [0.5, 0.6) is 0 Å². The standard InChI is InChI=1S/C16H16N4O3S/c1-9-4-6-24-15(9)10-7-12(20-19-10)18-16(21)13-14(23-8-17-13)11-3-2-5-22-11/h4,6-8,11H,2-3,5H2,1H3,(H2,18,19,20,21)/t11-/m0/s1. The summed E-state index contributed by atoms with van der Waals surface area (Å²) in [6.07, 6.45) is 2.86. The Morgan fingerprint density at radius 2 is 2.42 bits per heavy atom. The van der Waals surface area contributed by atoms with Crippen molar-refractivity contribution in [1.29, 1.82) is 0 Å². The number of amides is 1. The van der Waals surface area contributed by atoms with E-state index in [-0.39, 0.29) is 17.7 Å². The summed E-state index contributed by atoms with van der Waals surface area (Å²) in [5, 5.41) is 11.9. The van der Waals surface area contributed by atoms with Gasteiger partial charge < -0.3 is 14.5 Å². The number of rotatable bonds is 4. The van der Waals surface area contributed by atoms with Gasteiger partial charge in [-0.25, -0.2) is 4.98 Å². The van der Waals surface area contributed by atoms with Crippen LogP contribution in [-0.2, 0) is 4.74 Å². The summed E-state index contributed by atoms with van der Waals surface area (Å²) in [6.45, 7) is 2.71. The van der Waals surface area contributed by atoms with Gasteiger partial charge in [-0.2, -0.15) is 5.10 Å². The highest BCUT2D eigenvalue weighted by atomic mass is 32.1. The van der Waals surface area contributed by atoms with Crippen molar-refractivity contribution in [1.82, 2.24) is 15.2 Å². The predicted octanol–water partition coefficient (Wildman–Crippen LogP) is 3.54. The number of aromatic nitrogens is 3. The van der Waals surface area contributed by atoms with Crippen LogP contribution in [0, 0.1) is 6.92 Å². The second-order valence-corrected chi connectivity index (χ2v) is 6.54. The molecule has 0 unspecified atom stereocenters. The molecule has 0 radical (unpaired) electrons.